The third-order valence-corrected chi connectivity index (χ3v) is 4.76. The maximum atomic E-state index is 13.2. The molecule has 1 aromatic carbocycles. The summed E-state index contributed by atoms with van der Waals surface area (Å²) in [4.78, 5) is 41.3. The number of urea groups is 1. The molecule has 0 spiro atoms. The zero-order valence-corrected chi connectivity index (χ0v) is 16.3. The number of hydrogen-bond donors (Lipinski definition) is 1. The van der Waals surface area contributed by atoms with E-state index in [9.17, 15) is 14.4 Å². The molecule has 1 fully saturated rings. The molecule has 1 unspecified atom stereocenters. The van der Waals surface area contributed by atoms with Gasteiger partial charge in [-0.1, -0.05) is 43.7 Å². The first-order valence-electron chi connectivity index (χ1n) is 9.25. The quantitative estimate of drug-likeness (QED) is 0.761. The maximum Gasteiger partial charge on any atom is 0.325 e. The van der Waals surface area contributed by atoms with Crippen LogP contribution in [0.4, 0.5) is 4.79 Å². The van der Waals surface area contributed by atoms with Gasteiger partial charge < -0.3 is 10.2 Å². The zero-order chi connectivity index (χ0) is 19.5. The first-order valence-corrected chi connectivity index (χ1v) is 9.25. The van der Waals surface area contributed by atoms with E-state index in [-0.39, 0.29) is 30.4 Å². The lowest BCUT2D eigenvalue weighted by Crippen LogP contribution is -2.49. The monoisotopic (exact) mass is 359 g/mol. The Morgan fingerprint density at radius 2 is 1.69 bits per heavy atom. The summed E-state index contributed by atoms with van der Waals surface area (Å²) in [6.45, 7) is 9.44. The second kappa shape index (κ2) is 7.89. The van der Waals surface area contributed by atoms with Crippen molar-refractivity contribution >= 4 is 17.8 Å². The van der Waals surface area contributed by atoms with Gasteiger partial charge in [0.1, 0.15) is 12.1 Å². The van der Waals surface area contributed by atoms with Gasteiger partial charge in [-0.05, 0) is 39.7 Å². The van der Waals surface area contributed by atoms with E-state index in [2.05, 4.69) is 5.32 Å². The predicted octanol–water partition coefficient (Wildman–Crippen LogP) is 2.88. The second-order valence-corrected chi connectivity index (χ2v) is 7.33. The molecular formula is C20H29N3O3. The number of imide groups is 1. The largest absolute Gasteiger partial charge is 0.336 e. The molecule has 1 aliphatic heterocycles. The number of hydrogen-bond acceptors (Lipinski definition) is 3. The van der Waals surface area contributed by atoms with Crippen molar-refractivity contribution in [2.24, 2.45) is 0 Å². The lowest BCUT2D eigenvalue weighted by molar-refractivity contribution is -0.141. The minimum absolute atomic E-state index is 0.00205. The minimum atomic E-state index is -1.09. The first kappa shape index (κ1) is 19.9. The highest BCUT2D eigenvalue weighted by Crippen LogP contribution is 2.33. The number of benzene rings is 1. The van der Waals surface area contributed by atoms with E-state index >= 15 is 0 Å². The van der Waals surface area contributed by atoms with Crippen LogP contribution in [0.25, 0.3) is 0 Å². The van der Waals surface area contributed by atoms with E-state index in [0.717, 1.165) is 16.9 Å². The number of nitrogens with one attached hydrogen (secondary N) is 1. The van der Waals surface area contributed by atoms with Gasteiger partial charge in [-0.25, -0.2) is 4.79 Å². The summed E-state index contributed by atoms with van der Waals surface area (Å²) >= 11 is 0. The summed E-state index contributed by atoms with van der Waals surface area (Å²) in [6, 6.07) is 8.73. The maximum absolute atomic E-state index is 13.2. The van der Waals surface area contributed by atoms with Gasteiger partial charge in [0.2, 0.25) is 5.91 Å². The van der Waals surface area contributed by atoms with Crippen molar-refractivity contribution in [2.75, 3.05) is 6.54 Å². The van der Waals surface area contributed by atoms with E-state index in [1.165, 1.54) is 0 Å². The Bertz CT molecular complexity index is 664. The Balaban J connectivity index is 2.31. The van der Waals surface area contributed by atoms with Crippen LogP contribution in [0.2, 0.25) is 0 Å². The van der Waals surface area contributed by atoms with Crippen LogP contribution < -0.4 is 5.32 Å². The molecule has 1 atom stereocenters. The number of rotatable bonds is 7. The fourth-order valence-electron chi connectivity index (χ4n) is 3.77. The highest BCUT2D eigenvalue weighted by Gasteiger charge is 2.52. The normalized spacial score (nSPS) is 20.0. The van der Waals surface area contributed by atoms with Gasteiger partial charge in [0.15, 0.2) is 0 Å². The van der Waals surface area contributed by atoms with Gasteiger partial charge >= 0.3 is 6.03 Å². The van der Waals surface area contributed by atoms with E-state index in [4.69, 9.17) is 0 Å². The van der Waals surface area contributed by atoms with Gasteiger partial charge in [0.25, 0.3) is 5.91 Å². The molecule has 1 heterocycles. The first-order chi connectivity index (χ1) is 12.2. The summed E-state index contributed by atoms with van der Waals surface area (Å²) in [5, 5.41) is 2.85. The molecule has 0 saturated carbocycles. The van der Waals surface area contributed by atoms with E-state index < -0.39 is 11.6 Å². The minimum Gasteiger partial charge on any atom is -0.336 e. The smallest absolute Gasteiger partial charge is 0.325 e. The van der Waals surface area contributed by atoms with Crippen molar-refractivity contribution < 1.29 is 14.4 Å². The Kier molecular flexibility index (Phi) is 6.05. The summed E-state index contributed by atoms with van der Waals surface area (Å²) in [5.41, 5.74) is -0.340. The fraction of sp³-hybridized carbons (Fsp3) is 0.550. The molecule has 1 saturated heterocycles. The average Bonchev–Trinajstić information content (AvgIpc) is 2.80. The molecule has 0 bridgehead atoms. The summed E-state index contributed by atoms with van der Waals surface area (Å²) in [7, 11) is 0. The van der Waals surface area contributed by atoms with Crippen LogP contribution in [0.3, 0.4) is 0 Å². The van der Waals surface area contributed by atoms with Crippen molar-refractivity contribution in [1.82, 2.24) is 15.1 Å². The molecule has 6 heteroatoms. The Hall–Kier alpha value is -2.37. The number of nitrogens with zero attached hydrogens (tertiary/aromatic N) is 2. The van der Waals surface area contributed by atoms with Crippen LogP contribution in [0.15, 0.2) is 30.3 Å². The molecule has 0 radical (unpaired) electrons. The predicted molar refractivity (Wildman–Crippen MR) is 100 cm³/mol. The lowest BCUT2D eigenvalue weighted by Gasteiger charge is -2.32. The summed E-state index contributed by atoms with van der Waals surface area (Å²) < 4.78 is 0. The van der Waals surface area contributed by atoms with E-state index in [1.54, 1.807) is 4.90 Å². The van der Waals surface area contributed by atoms with Crippen LogP contribution in [-0.2, 0) is 15.1 Å². The number of carbonyl (C=O) groups is 3. The standard InChI is InChI=1S/C20H29N3O3/c1-6-12-20(16-10-8-7-9-11-16)18(25)22(19(26)21-20)13-17(24)23(14(2)3)15(4)5/h7-11,14-15H,6,12-13H2,1-5H3,(H,21,26). The van der Waals surface area contributed by atoms with Crippen molar-refractivity contribution in [3.63, 3.8) is 0 Å². The Labute approximate surface area is 155 Å². The summed E-state index contributed by atoms with van der Waals surface area (Å²) in [6.07, 6.45) is 1.22. The van der Waals surface area contributed by atoms with Gasteiger partial charge in [-0.15, -0.1) is 0 Å². The second-order valence-electron chi connectivity index (χ2n) is 7.33. The van der Waals surface area contributed by atoms with Crippen molar-refractivity contribution in [3.8, 4) is 0 Å². The molecular weight excluding hydrogens is 330 g/mol. The van der Waals surface area contributed by atoms with Gasteiger partial charge in [0, 0.05) is 12.1 Å². The highest BCUT2D eigenvalue weighted by molar-refractivity contribution is 6.09. The van der Waals surface area contributed by atoms with Gasteiger partial charge in [0.05, 0.1) is 0 Å². The van der Waals surface area contributed by atoms with Crippen molar-refractivity contribution in [3.05, 3.63) is 35.9 Å². The molecule has 1 aromatic rings. The van der Waals surface area contributed by atoms with Crippen molar-refractivity contribution in [1.29, 1.82) is 0 Å². The molecule has 26 heavy (non-hydrogen) atoms. The third-order valence-electron chi connectivity index (χ3n) is 4.76. The fourth-order valence-corrected chi connectivity index (χ4v) is 3.77. The van der Waals surface area contributed by atoms with Crippen LogP contribution in [-0.4, -0.2) is 46.3 Å². The Morgan fingerprint density at radius 1 is 1.12 bits per heavy atom. The number of amides is 4. The molecule has 142 valence electrons. The Morgan fingerprint density at radius 3 is 2.19 bits per heavy atom. The highest BCUT2D eigenvalue weighted by atomic mass is 16.2. The molecule has 4 amide bonds. The van der Waals surface area contributed by atoms with Gasteiger partial charge in [-0.3, -0.25) is 14.5 Å². The molecule has 1 N–H and O–H groups in total. The van der Waals surface area contributed by atoms with Crippen LogP contribution >= 0.6 is 0 Å². The average molecular weight is 359 g/mol. The zero-order valence-electron chi connectivity index (χ0n) is 16.3. The SMILES string of the molecule is CCCC1(c2ccccc2)NC(=O)N(CC(=O)N(C(C)C)C(C)C)C1=O. The summed E-state index contributed by atoms with van der Waals surface area (Å²) in [5.74, 6) is -0.574. The molecule has 1 aliphatic rings. The molecule has 0 aromatic heterocycles. The van der Waals surface area contributed by atoms with Crippen LogP contribution in [0, 0.1) is 0 Å². The van der Waals surface area contributed by atoms with E-state index in [0.29, 0.717) is 6.42 Å². The molecule has 6 nitrogen and oxygen atoms in total. The van der Waals surface area contributed by atoms with Gasteiger partial charge in [-0.2, -0.15) is 0 Å². The lowest BCUT2D eigenvalue weighted by atomic mass is 9.85. The van der Waals surface area contributed by atoms with Crippen LogP contribution in [0.5, 0.6) is 0 Å². The molecule has 0 aliphatic carbocycles. The van der Waals surface area contributed by atoms with E-state index in [1.807, 2.05) is 65.0 Å². The number of carbonyl (C=O) groups excluding carboxylic acids is 3. The topological polar surface area (TPSA) is 69.7 Å². The molecule has 2 rings (SSSR count). The third kappa shape index (κ3) is 3.59. The van der Waals surface area contributed by atoms with Crippen LogP contribution in [0.1, 0.15) is 53.0 Å². The van der Waals surface area contributed by atoms with Crippen molar-refractivity contribution in [2.45, 2.75) is 65.1 Å².